The zero-order valence-corrected chi connectivity index (χ0v) is 13.4. The third-order valence-electron chi connectivity index (χ3n) is 3.80. The third kappa shape index (κ3) is 3.02. The lowest BCUT2D eigenvalue weighted by Gasteiger charge is -2.14. The van der Waals surface area contributed by atoms with Crippen molar-refractivity contribution in [3.63, 3.8) is 0 Å². The van der Waals surface area contributed by atoms with Crippen LogP contribution in [0.2, 0.25) is 0 Å². The summed E-state index contributed by atoms with van der Waals surface area (Å²) in [4.78, 5) is 0. The lowest BCUT2D eigenvalue weighted by Crippen LogP contribution is -2.09. The van der Waals surface area contributed by atoms with Gasteiger partial charge in [-0.2, -0.15) is 0 Å². The molecule has 2 aromatic rings. The summed E-state index contributed by atoms with van der Waals surface area (Å²) in [5, 5.41) is 0.123. The van der Waals surface area contributed by atoms with Gasteiger partial charge in [-0.1, -0.05) is 46.3 Å². The molecule has 0 aromatic heterocycles. The molecular formula is C17H16BrClO. The molecule has 0 heterocycles. The molecule has 1 aliphatic carbocycles. The van der Waals surface area contributed by atoms with Crippen LogP contribution in [0.5, 0.6) is 5.75 Å². The van der Waals surface area contributed by atoms with Gasteiger partial charge in [0.1, 0.15) is 5.75 Å². The standard InChI is InChI=1S/C17H16BrClO/c18-14-5-3-6-15(11-14)20-9-8-13-10-12-4-1-2-7-16(12)17(13)19/h1-7,11,13,17H,8-10H2. The van der Waals surface area contributed by atoms with Crippen molar-refractivity contribution in [2.24, 2.45) is 5.92 Å². The van der Waals surface area contributed by atoms with Gasteiger partial charge in [0.15, 0.2) is 0 Å². The number of hydrogen-bond donors (Lipinski definition) is 0. The van der Waals surface area contributed by atoms with Crippen LogP contribution in [0, 0.1) is 5.92 Å². The van der Waals surface area contributed by atoms with Crippen LogP contribution >= 0.6 is 27.5 Å². The van der Waals surface area contributed by atoms with Gasteiger partial charge in [-0.3, -0.25) is 0 Å². The minimum absolute atomic E-state index is 0.123. The molecule has 20 heavy (non-hydrogen) atoms. The smallest absolute Gasteiger partial charge is 0.120 e. The average Bonchev–Trinajstić information content (AvgIpc) is 2.76. The molecule has 0 N–H and O–H groups in total. The fourth-order valence-corrected chi connectivity index (χ4v) is 3.57. The van der Waals surface area contributed by atoms with Gasteiger partial charge in [0.2, 0.25) is 0 Å². The van der Waals surface area contributed by atoms with E-state index in [9.17, 15) is 0 Å². The van der Waals surface area contributed by atoms with Gasteiger partial charge in [-0.15, -0.1) is 11.6 Å². The van der Waals surface area contributed by atoms with E-state index in [-0.39, 0.29) is 5.38 Å². The largest absolute Gasteiger partial charge is 0.494 e. The first-order valence-electron chi connectivity index (χ1n) is 6.84. The first-order chi connectivity index (χ1) is 9.74. The summed E-state index contributed by atoms with van der Waals surface area (Å²) in [6.45, 7) is 0.707. The molecule has 0 aliphatic heterocycles. The lowest BCUT2D eigenvalue weighted by atomic mass is 10.0. The lowest BCUT2D eigenvalue weighted by molar-refractivity contribution is 0.278. The fourth-order valence-electron chi connectivity index (χ4n) is 2.76. The van der Waals surface area contributed by atoms with Crippen LogP contribution in [-0.2, 0) is 6.42 Å². The van der Waals surface area contributed by atoms with E-state index in [2.05, 4.69) is 40.2 Å². The van der Waals surface area contributed by atoms with Crippen LogP contribution in [0.1, 0.15) is 22.9 Å². The summed E-state index contributed by atoms with van der Waals surface area (Å²) in [6, 6.07) is 16.4. The van der Waals surface area contributed by atoms with E-state index in [1.165, 1.54) is 11.1 Å². The van der Waals surface area contributed by atoms with Crippen molar-refractivity contribution in [2.75, 3.05) is 6.61 Å². The van der Waals surface area contributed by atoms with E-state index in [1.807, 2.05) is 24.3 Å². The Bertz CT molecular complexity index is 599. The van der Waals surface area contributed by atoms with E-state index < -0.39 is 0 Å². The molecule has 0 fully saturated rings. The molecule has 0 saturated carbocycles. The van der Waals surface area contributed by atoms with Crippen LogP contribution in [0.15, 0.2) is 53.0 Å². The van der Waals surface area contributed by atoms with Crippen molar-refractivity contribution in [3.05, 3.63) is 64.1 Å². The van der Waals surface area contributed by atoms with Crippen molar-refractivity contribution in [2.45, 2.75) is 18.2 Å². The van der Waals surface area contributed by atoms with Gasteiger partial charge in [0, 0.05) is 4.47 Å². The second-order valence-electron chi connectivity index (χ2n) is 5.16. The Hall–Kier alpha value is -0.990. The van der Waals surface area contributed by atoms with Gasteiger partial charge >= 0.3 is 0 Å². The van der Waals surface area contributed by atoms with Crippen molar-refractivity contribution in [1.29, 1.82) is 0 Å². The maximum Gasteiger partial charge on any atom is 0.120 e. The second-order valence-corrected chi connectivity index (χ2v) is 6.55. The number of rotatable bonds is 4. The maximum atomic E-state index is 6.55. The Labute approximate surface area is 133 Å². The van der Waals surface area contributed by atoms with Crippen LogP contribution in [0.25, 0.3) is 0 Å². The molecule has 3 rings (SSSR count). The van der Waals surface area contributed by atoms with E-state index in [0.29, 0.717) is 12.5 Å². The average molecular weight is 352 g/mol. The topological polar surface area (TPSA) is 9.23 Å². The number of alkyl halides is 1. The number of benzene rings is 2. The highest BCUT2D eigenvalue weighted by molar-refractivity contribution is 9.10. The minimum Gasteiger partial charge on any atom is -0.494 e. The molecular weight excluding hydrogens is 336 g/mol. The fraction of sp³-hybridized carbons (Fsp3) is 0.294. The minimum atomic E-state index is 0.123. The van der Waals surface area contributed by atoms with Gasteiger partial charge in [0.05, 0.1) is 12.0 Å². The van der Waals surface area contributed by atoms with Crippen LogP contribution in [0.3, 0.4) is 0 Å². The van der Waals surface area contributed by atoms with E-state index in [4.69, 9.17) is 16.3 Å². The first kappa shape index (κ1) is 14.0. The number of ether oxygens (including phenoxy) is 1. The zero-order chi connectivity index (χ0) is 13.9. The first-order valence-corrected chi connectivity index (χ1v) is 8.07. The molecule has 0 radical (unpaired) electrons. The van der Waals surface area contributed by atoms with Gasteiger partial charge in [-0.25, -0.2) is 0 Å². The molecule has 0 amide bonds. The van der Waals surface area contributed by atoms with Crippen molar-refractivity contribution in [3.8, 4) is 5.75 Å². The Morgan fingerprint density at radius 3 is 2.80 bits per heavy atom. The summed E-state index contributed by atoms with van der Waals surface area (Å²) in [7, 11) is 0. The molecule has 0 saturated heterocycles. The predicted molar refractivity (Wildman–Crippen MR) is 86.5 cm³/mol. The quantitative estimate of drug-likeness (QED) is 0.673. The molecule has 1 nitrogen and oxygen atoms in total. The number of halogens is 2. The molecule has 2 aromatic carbocycles. The molecule has 0 bridgehead atoms. The Morgan fingerprint density at radius 1 is 1.15 bits per heavy atom. The molecule has 2 unspecified atom stereocenters. The second kappa shape index (κ2) is 6.19. The summed E-state index contributed by atoms with van der Waals surface area (Å²) in [5.74, 6) is 1.38. The predicted octanol–water partition coefficient (Wildman–Crippen LogP) is 5.37. The normalized spacial score (nSPS) is 20.7. The Morgan fingerprint density at radius 2 is 2.00 bits per heavy atom. The molecule has 2 atom stereocenters. The van der Waals surface area contributed by atoms with E-state index in [1.54, 1.807) is 0 Å². The van der Waals surface area contributed by atoms with E-state index >= 15 is 0 Å². The van der Waals surface area contributed by atoms with Crippen molar-refractivity contribution >= 4 is 27.5 Å². The van der Waals surface area contributed by atoms with Crippen LogP contribution in [0.4, 0.5) is 0 Å². The van der Waals surface area contributed by atoms with Crippen molar-refractivity contribution < 1.29 is 4.74 Å². The molecule has 0 spiro atoms. The highest BCUT2D eigenvalue weighted by atomic mass is 79.9. The summed E-state index contributed by atoms with van der Waals surface area (Å²) < 4.78 is 6.85. The maximum absolute atomic E-state index is 6.55. The molecule has 3 heteroatoms. The third-order valence-corrected chi connectivity index (χ3v) is 4.89. The number of hydrogen-bond acceptors (Lipinski definition) is 1. The number of fused-ring (bicyclic) bond motifs is 1. The SMILES string of the molecule is ClC1c2ccccc2CC1CCOc1cccc(Br)c1. The van der Waals surface area contributed by atoms with E-state index in [0.717, 1.165) is 23.1 Å². The highest BCUT2D eigenvalue weighted by Gasteiger charge is 2.30. The van der Waals surface area contributed by atoms with Gasteiger partial charge < -0.3 is 4.74 Å². The molecule has 1 aliphatic rings. The monoisotopic (exact) mass is 350 g/mol. The summed E-state index contributed by atoms with van der Waals surface area (Å²) in [6.07, 6.45) is 2.04. The van der Waals surface area contributed by atoms with Crippen LogP contribution in [-0.4, -0.2) is 6.61 Å². The summed E-state index contributed by atoms with van der Waals surface area (Å²) >= 11 is 10.0. The van der Waals surface area contributed by atoms with Crippen LogP contribution < -0.4 is 4.74 Å². The zero-order valence-electron chi connectivity index (χ0n) is 11.1. The van der Waals surface area contributed by atoms with Gasteiger partial charge in [-0.05, 0) is 48.1 Å². The van der Waals surface area contributed by atoms with Crippen molar-refractivity contribution in [1.82, 2.24) is 0 Å². The highest BCUT2D eigenvalue weighted by Crippen LogP contribution is 2.42. The molecule has 104 valence electrons. The van der Waals surface area contributed by atoms with Gasteiger partial charge in [0.25, 0.3) is 0 Å². The Kier molecular flexibility index (Phi) is 4.32. The Balaban J connectivity index is 1.56. The summed E-state index contributed by atoms with van der Waals surface area (Å²) in [5.41, 5.74) is 2.68.